The third-order valence-electron chi connectivity index (χ3n) is 4.73. The van der Waals surface area contributed by atoms with Crippen LogP contribution in [-0.4, -0.2) is 37.0 Å². The van der Waals surface area contributed by atoms with Gasteiger partial charge in [0.05, 0.1) is 24.4 Å². The number of para-hydroxylation sites is 2. The number of hydrogen-bond donors (Lipinski definition) is 1. The van der Waals surface area contributed by atoms with Crippen LogP contribution in [0.25, 0.3) is 0 Å². The van der Waals surface area contributed by atoms with Crippen LogP contribution in [0.1, 0.15) is 41.6 Å². The van der Waals surface area contributed by atoms with Gasteiger partial charge in [-0.2, -0.15) is 0 Å². The Hall–Kier alpha value is -2.87. The first-order valence-electron chi connectivity index (χ1n) is 9.51. The lowest BCUT2D eigenvalue weighted by Crippen LogP contribution is -2.48. The highest BCUT2D eigenvalue weighted by Gasteiger charge is 2.34. The summed E-state index contributed by atoms with van der Waals surface area (Å²) >= 11 is 1.34. The summed E-state index contributed by atoms with van der Waals surface area (Å²) < 4.78 is 11.0. The van der Waals surface area contributed by atoms with Crippen molar-refractivity contribution in [2.45, 2.75) is 40.2 Å². The Morgan fingerprint density at radius 2 is 2.00 bits per heavy atom. The molecule has 2 amide bonds. The number of anilines is 2. The van der Waals surface area contributed by atoms with Gasteiger partial charge < -0.3 is 19.7 Å². The maximum atomic E-state index is 13.0. The van der Waals surface area contributed by atoms with E-state index in [9.17, 15) is 14.4 Å². The molecular weight excluding hydrogens is 392 g/mol. The maximum absolute atomic E-state index is 13.0. The van der Waals surface area contributed by atoms with Crippen molar-refractivity contribution < 1.29 is 23.9 Å². The van der Waals surface area contributed by atoms with Gasteiger partial charge in [0, 0.05) is 11.8 Å². The van der Waals surface area contributed by atoms with E-state index in [2.05, 4.69) is 5.32 Å². The van der Waals surface area contributed by atoms with Crippen molar-refractivity contribution in [1.82, 2.24) is 0 Å². The summed E-state index contributed by atoms with van der Waals surface area (Å²) in [6.07, 6.45) is -0.242. The van der Waals surface area contributed by atoms with Crippen molar-refractivity contribution in [1.29, 1.82) is 0 Å². The van der Waals surface area contributed by atoms with Crippen LogP contribution in [-0.2, 0) is 20.7 Å². The number of amides is 2. The Labute approximate surface area is 173 Å². The molecule has 1 aliphatic heterocycles. The fourth-order valence-electron chi connectivity index (χ4n) is 3.37. The van der Waals surface area contributed by atoms with E-state index in [1.807, 2.05) is 19.9 Å². The van der Waals surface area contributed by atoms with Crippen LogP contribution in [0.5, 0.6) is 5.75 Å². The van der Waals surface area contributed by atoms with Crippen LogP contribution in [0.4, 0.5) is 10.7 Å². The van der Waals surface area contributed by atoms with Gasteiger partial charge in [-0.05, 0) is 38.0 Å². The Bertz CT molecular complexity index is 953. The van der Waals surface area contributed by atoms with Crippen LogP contribution >= 0.6 is 11.3 Å². The van der Waals surface area contributed by atoms with Gasteiger partial charge in [-0.3, -0.25) is 9.59 Å². The lowest BCUT2D eigenvalue weighted by Gasteiger charge is -2.33. The number of hydrogen-bond acceptors (Lipinski definition) is 6. The molecule has 0 fully saturated rings. The molecule has 154 valence electrons. The fourth-order valence-corrected chi connectivity index (χ4v) is 4.51. The van der Waals surface area contributed by atoms with Crippen molar-refractivity contribution in [2.24, 2.45) is 0 Å². The van der Waals surface area contributed by atoms with E-state index < -0.39 is 18.0 Å². The molecule has 0 aliphatic carbocycles. The smallest absolute Gasteiger partial charge is 0.341 e. The number of fused-ring (bicyclic) bond motifs is 1. The van der Waals surface area contributed by atoms with Crippen molar-refractivity contribution in [3.05, 3.63) is 40.3 Å². The van der Waals surface area contributed by atoms with E-state index in [0.29, 0.717) is 28.4 Å². The molecule has 1 aromatic carbocycles. The van der Waals surface area contributed by atoms with Crippen LogP contribution < -0.4 is 15.0 Å². The van der Waals surface area contributed by atoms with Gasteiger partial charge in [0.2, 0.25) is 5.91 Å². The zero-order chi connectivity index (χ0) is 21.1. The molecule has 1 atom stereocenters. The minimum atomic E-state index is -0.892. The number of thiophene rings is 1. The number of ether oxygens (including phenoxy) is 2. The van der Waals surface area contributed by atoms with E-state index in [1.54, 1.807) is 25.1 Å². The zero-order valence-electron chi connectivity index (χ0n) is 16.9. The van der Waals surface area contributed by atoms with E-state index in [1.165, 1.54) is 23.2 Å². The van der Waals surface area contributed by atoms with Gasteiger partial charge in [0.1, 0.15) is 10.8 Å². The number of carbonyl (C=O) groups is 3. The molecule has 0 spiro atoms. The van der Waals surface area contributed by atoms with Crippen molar-refractivity contribution in [3.8, 4) is 5.75 Å². The molecule has 1 aromatic heterocycles. The van der Waals surface area contributed by atoms with Crippen molar-refractivity contribution >= 4 is 39.8 Å². The zero-order valence-corrected chi connectivity index (χ0v) is 17.7. The summed E-state index contributed by atoms with van der Waals surface area (Å²) in [5.41, 5.74) is 1.89. The lowest BCUT2D eigenvalue weighted by molar-refractivity contribution is -0.123. The predicted molar refractivity (Wildman–Crippen MR) is 112 cm³/mol. The largest absolute Gasteiger partial charge is 0.476 e. The quantitative estimate of drug-likeness (QED) is 0.754. The van der Waals surface area contributed by atoms with E-state index in [4.69, 9.17) is 9.47 Å². The summed E-state index contributed by atoms with van der Waals surface area (Å²) in [5.74, 6) is -0.577. The number of nitrogens with zero attached hydrogens (tertiary/aromatic N) is 1. The van der Waals surface area contributed by atoms with Gasteiger partial charge in [0.25, 0.3) is 5.91 Å². The fraction of sp³-hybridized carbons (Fsp3) is 0.381. The molecule has 0 saturated carbocycles. The second-order valence-electron chi connectivity index (χ2n) is 6.61. The standard InChI is InChI=1S/C21H24N2O5S/c1-5-14-12(3)29-20(18(14)21(26)27-6-2)22-19(25)17-11-23(13(4)24)15-9-7-8-10-16(15)28-17/h7-10,17H,5-6,11H2,1-4H3,(H,22,25)/t17-/m0/s1. The van der Waals surface area contributed by atoms with Gasteiger partial charge in [-0.1, -0.05) is 19.1 Å². The highest BCUT2D eigenvalue weighted by atomic mass is 32.1. The molecule has 2 heterocycles. The van der Waals surface area contributed by atoms with Gasteiger partial charge in [0.15, 0.2) is 6.10 Å². The van der Waals surface area contributed by atoms with Gasteiger partial charge in [-0.25, -0.2) is 4.79 Å². The topological polar surface area (TPSA) is 84.9 Å². The molecule has 8 heteroatoms. The average molecular weight is 416 g/mol. The molecule has 7 nitrogen and oxygen atoms in total. The molecule has 0 saturated heterocycles. The molecule has 3 rings (SSSR count). The van der Waals surface area contributed by atoms with Crippen LogP contribution in [0.15, 0.2) is 24.3 Å². The maximum Gasteiger partial charge on any atom is 0.341 e. The van der Waals surface area contributed by atoms with E-state index in [0.717, 1.165) is 10.4 Å². The molecule has 2 aromatic rings. The summed E-state index contributed by atoms with van der Waals surface area (Å²) in [7, 11) is 0. The van der Waals surface area contributed by atoms with Gasteiger partial charge >= 0.3 is 5.97 Å². The van der Waals surface area contributed by atoms with E-state index in [-0.39, 0.29) is 19.1 Å². The van der Waals surface area contributed by atoms with Gasteiger partial charge in [-0.15, -0.1) is 11.3 Å². The number of aryl methyl sites for hydroxylation is 1. The van der Waals surface area contributed by atoms with E-state index >= 15 is 0 Å². The van der Waals surface area contributed by atoms with Crippen LogP contribution in [0.3, 0.4) is 0 Å². The molecule has 29 heavy (non-hydrogen) atoms. The summed E-state index contributed by atoms with van der Waals surface area (Å²) in [4.78, 5) is 40.0. The molecule has 1 aliphatic rings. The van der Waals surface area contributed by atoms with Crippen LogP contribution in [0.2, 0.25) is 0 Å². The second-order valence-corrected chi connectivity index (χ2v) is 7.83. The number of benzene rings is 1. The third-order valence-corrected chi connectivity index (χ3v) is 5.79. The normalized spacial score (nSPS) is 15.3. The minimum absolute atomic E-state index is 0.0952. The average Bonchev–Trinajstić information content (AvgIpc) is 3.01. The Morgan fingerprint density at radius 1 is 1.28 bits per heavy atom. The van der Waals surface area contributed by atoms with Crippen molar-refractivity contribution in [2.75, 3.05) is 23.4 Å². The molecule has 0 unspecified atom stereocenters. The third kappa shape index (κ3) is 4.12. The Morgan fingerprint density at radius 3 is 2.66 bits per heavy atom. The van der Waals surface area contributed by atoms with Crippen LogP contribution in [0, 0.1) is 6.92 Å². The molecule has 0 bridgehead atoms. The second kappa shape index (κ2) is 8.65. The Balaban J connectivity index is 1.88. The first-order chi connectivity index (χ1) is 13.9. The number of carbonyl (C=O) groups excluding carboxylic acids is 3. The monoisotopic (exact) mass is 416 g/mol. The number of nitrogens with one attached hydrogen (secondary N) is 1. The first kappa shape index (κ1) is 20.9. The number of rotatable bonds is 5. The minimum Gasteiger partial charge on any atom is -0.476 e. The highest BCUT2D eigenvalue weighted by Crippen LogP contribution is 2.36. The summed E-state index contributed by atoms with van der Waals surface area (Å²) in [6, 6.07) is 7.09. The highest BCUT2D eigenvalue weighted by molar-refractivity contribution is 7.16. The molecular formula is C21H24N2O5S. The van der Waals surface area contributed by atoms with Crippen molar-refractivity contribution in [3.63, 3.8) is 0 Å². The Kier molecular flexibility index (Phi) is 6.22. The first-order valence-corrected chi connectivity index (χ1v) is 10.3. The molecule has 0 radical (unpaired) electrons. The number of esters is 1. The summed E-state index contributed by atoms with van der Waals surface area (Å²) in [6.45, 7) is 7.40. The predicted octanol–water partition coefficient (Wildman–Crippen LogP) is 3.55. The molecule has 1 N–H and O–H groups in total. The SMILES string of the molecule is CCOC(=O)c1c(NC(=O)[C@@H]2CN(C(C)=O)c3ccccc3O2)sc(C)c1CC. The summed E-state index contributed by atoms with van der Waals surface area (Å²) in [5, 5.41) is 3.27. The lowest BCUT2D eigenvalue weighted by atomic mass is 10.1.